The lowest BCUT2D eigenvalue weighted by Crippen LogP contribution is -2.49. The van der Waals surface area contributed by atoms with Crippen LogP contribution in [0, 0.1) is 6.07 Å². The summed E-state index contributed by atoms with van der Waals surface area (Å²) in [6.45, 7) is 47.0. The minimum Gasteiger partial charge on any atom is -0.177 e. The Hall–Kier alpha value is 0.521. The van der Waals surface area contributed by atoms with E-state index in [9.17, 15) is 0 Å². The molecule has 0 amide bonds. The molecule has 0 aliphatic rings. The van der Waals surface area contributed by atoms with Gasteiger partial charge in [-0.05, 0) is 15.5 Å². The van der Waals surface area contributed by atoms with Crippen LogP contribution >= 0.6 is 0 Å². The second-order valence-electron chi connectivity index (χ2n) is 17.3. The first kappa shape index (κ1) is 31.6. The highest BCUT2D eigenvalue weighted by Crippen LogP contribution is 2.44. The third kappa shape index (κ3) is 8.27. The predicted molar refractivity (Wildman–Crippen MR) is 174 cm³/mol. The lowest BCUT2D eigenvalue weighted by atomic mass is 10.1. The fourth-order valence-corrected chi connectivity index (χ4v) is 45.7. The van der Waals surface area contributed by atoms with Crippen LogP contribution in [0.15, 0.2) is 12.1 Å². The molecule has 0 radical (unpaired) electrons. The normalized spacial score (nSPS) is 15.2. The minimum atomic E-state index is -1.39. The summed E-state index contributed by atoms with van der Waals surface area (Å²) in [5, 5.41) is 2.32. The van der Waals surface area contributed by atoms with Gasteiger partial charge in [-0.15, -0.1) is 0 Å². The first-order valence-electron chi connectivity index (χ1n) is 13.3. The van der Waals surface area contributed by atoms with Crippen LogP contribution in [0.1, 0.15) is 32.2 Å². The molecule has 192 valence electrons. The van der Waals surface area contributed by atoms with Crippen molar-refractivity contribution in [2.75, 3.05) is 0 Å². The van der Waals surface area contributed by atoms with Gasteiger partial charge in [-0.3, -0.25) is 0 Å². The molecule has 0 atom stereocenters. The van der Waals surface area contributed by atoms with Gasteiger partial charge >= 0.3 is 0 Å². The molecule has 0 nitrogen and oxygen atoms in total. The highest BCUT2D eigenvalue weighted by atomic mass is 28.4. The van der Waals surface area contributed by atoms with E-state index < -0.39 is 48.4 Å². The quantitative estimate of drug-likeness (QED) is 0.211. The summed E-state index contributed by atoms with van der Waals surface area (Å²) in [6.07, 6.45) is 0. The van der Waals surface area contributed by atoms with Crippen LogP contribution in [0.4, 0.5) is 0 Å². The Bertz CT molecular complexity index is 638. The molecule has 6 heteroatoms. The first-order chi connectivity index (χ1) is 14.2. The maximum atomic E-state index is 4.24. The van der Waals surface area contributed by atoms with Gasteiger partial charge in [0.2, 0.25) is 0 Å². The zero-order valence-corrected chi connectivity index (χ0v) is 31.9. The van der Waals surface area contributed by atoms with E-state index in [1.807, 2.05) is 0 Å². The molecule has 1 aromatic rings. The van der Waals surface area contributed by atoms with Crippen LogP contribution in [-0.2, 0) is 0 Å². The van der Waals surface area contributed by atoms with Crippen molar-refractivity contribution in [3.05, 3.63) is 34.9 Å². The van der Waals surface area contributed by atoms with Gasteiger partial charge < -0.3 is 0 Å². The molecule has 0 aromatic heterocycles. The van der Waals surface area contributed by atoms with E-state index in [2.05, 4.69) is 136 Å². The molecule has 0 aliphatic heterocycles. The molecule has 0 aliphatic carbocycles. The Morgan fingerprint density at radius 2 is 0.606 bits per heavy atom. The number of hydrogen-bond donors (Lipinski definition) is 0. The standard InChI is InChI=1S/C27H59Si6/c1-28(2,3)25(29(4,5)6)22-19-23(26(30(7,8)9)31(10,11)12)21-24(20-22)27(32(13,14)15)33(16,17)18/h19-20,25-27H,1-18H3/q-1. The monoisotopic (exact) mass is 551 g/mol. The Morgan fingerprint density at radius 1 is 0.394 bits per heavy atom. The van der Waals surface area contributed by atoms with E-state index in [0.717, 1.165) is 15.5 Å². The Morgan fingerprint density at radius 3 is 0.788 bits per heavy atom. The summed E-state index contributed by atoms with van der Waals surface area (Å²) >= 11 is 0. The molecule has 33 heavy (non-hydrogen) atoms. The fraction of sp³-hybridized carbons (Fsp3) is 0.778. The van der Waals surface area contributed by atoms with Crippen LogP contribution < -0.4 is 0 Å². The van der Waals surface area contributed by atoms with E-state index in [4.69, 9.17) is 0 Å². The van der Waals surface area contributed by atoms with E-state index in [0.29, 0.717) is 0 Å². The van der Waals surface area contributed by atoms with Crippen LogP contribution in [0.5, 0.6) is 0 Å². The third-order valence-electron chi connectivity index (χ3n) is 7.08. The Kier molecular flexibility index (Phi) is 9.34. The smallest absolute Gasteiger partial charge is 0.0470 e. The largest absolute Gasteiger partial charge is 0.177 e. The number of hydrogen-bond acceptors (Lipinski definition) is 0. The lowest BCUT2D eigenvalue weighted by molar-refractivity contribution is 1.08. The molecule has 0 saturated carbocycles. The van der Waals surface area contributed by atoms with Crippen molar-refractivity contribution in [1.29, 1.82) is 0 Å². The topological polar surface area (TPSA) is 0 Å². The molecular weight excluding hydrogens is 493 g/mol. The van der Waals surface area contributed by atoms with Crippen LogP contribution in [0.3, 0.4) is 0 Å². The molecule has 0 saturated heterocycles. The Balaban J connectivity index is 4.16. The molecule has 0 N–H and O–H groups in total. The van der Waals surface area contributed by atoms with Crippen molar-refractivity contribution in [3.8, 4) is 0 Å². The van der Waals surface area contributed by atoms with Gasteiger partial charge in [-0.2, -0.15) is 34.9 Å². The zero-order chi connectivity index (χ0) is 26.6. The first-order valence-corrected chi connectivity index (χ1v) is 34.7. The number of benzene rings is 1. The van der Waals surface area contributed by atoms with Gasteiger partial charge in [-0.25, -0.2) is 0 Å². The van der Waals surface area contributed by atoms with Gasteiger partial charge in [0.25, 0.3) is 0 Å². The molecule has 1 rings (SSSR count). The molecule has 0 spiro atoms. The SMILES string of the molecule is C[Si](C)(C)C(c1[c-]c(C([Si](C)(C)C)[Si](C)(C)C)cc(C([Si](C)(C)C)[Si](C)(C)C)c1)[Si](C)(C)C. The van der Waals surface area contributed by atoms with Crippen molar-refractivity contribution >= 4 is 48.4 Å². The van der Waals surface area contributed by atoms with E-state index in [1.54, 1.807) is 16.7 Å². The van der Waals surface area contributed by atoms with Gasteiger partial charge in [0, 0.05) is 48.4 Å². The summed E-state index contributed by atoms with van der Waals surface area (Å²) in [4.78, 5) is 0. The van der Waals surface area contributed by atoms with Crippen molar-refractivity contribution in [3.63, 3.8) is 0 Å². The maximum Gasteiger partial charge on any atom is 0.0470 e. The van der Waals surface area contributed by atoms with Crippen LogP contribution in [0.2, 0.25) is 118 Å². The second-order valence-corrected chi connectivity index (χ2v) is 50.9. The minimum absolute atomic E-state index is 0.761. The van der Waals surface area contributed by atoms with Gasteiger partial charge in [-0.1, -0.05) is 118 Å². The highest BCUT2D eigenvalue weighted by molar-refractivity contribution is 6.97. The van der Waals surface area contributed by atoms with Gasteiger partial charge in [0.15, 0.2) is 0 Å². The summed E-state index contributed by atoms with van der Waals surface area (Å²) in [5.74, 6) is 0. The van der Waals surface area contributed by atoms with Crippen molar-refractivity contribution in [1.82, 2.24) is 0 Å². The average molecular weight is 552 g/mol. The molecule has 0 heterocycles. The van der Waals surface area contributed by atoms with Crippen molar-refractivity contribution < 1.29 is 0 Å². The summed E-state index contributed by atoms with van der Waals surface area (Å²) in [5.41, 5.74) is 4.94. The van der Waals surface area contributed by atoms with Crippen LogP contribution in [0.25, 0.3) is 0 Å². The average Bonchev–Trinajstić information content (AvgIpc) is 2.35. The zero-order valence-electron chi connectivity index (χ0n) is 25.9. The number of rotatable bonds is 9. The van der Waals surface area contributed by atoms with Gasteiger partial charge in [0.1, 0.15) is 0 Å². The van der Waals surface area contributed by atoms with Gasteiger partial charge in [0.05, 0.1) is 0 Å². The predicted octanol–water partition coefficient (Wildman–Crippen LogP) is 10.0. The summed E-state index contributed by atoms with van der Waals surface area (Å²) < 4.78 is 0. The molecule has 0 bridgehead atoms. The third-order valence-corrected chi connectivity index (χ3v) is 35.0. The summed E-state index contributed by atoms with van der Waals surface area (Å²) in [7, 11) is -8.28. The molecule has 1 aromatic carbocycles. The molecule has 0 fully saturated rings. The van der Waals surface area contributed by atoms with E-state index >= 15 is 0 Å². The molecule has 0 unspecified atom stereocenters. The lowest BCUT2D eigenvalue weighted by Gasteiger charge is -2.47. The fourth-order valence-electron chi connectivity index (χ4n) is 7.88. The van der Waals surface area contributed by atoms with Crippen LogP contribution in [-0.4, -0.2) is 48.4 Å². The van der Waals surface area contributed by atoms with E-state index in [-0.39, 0.29) is 0 Å². The van der Waals surface area contributed by atoms with E-state index in [1.165, 1.54) is 0 Å². The van der Waals surface area contributed by atoms with Crippen molar-refractivity contribution in [2.24, 2.45) is 0 Å². The van der Waals surface area contributed by atoms with Crippen molar-refractivity contribution in [2.45, 2.75) is 133 Å². The molecular formula is C27H59Si6-. The second kappa shape index (κ2) is 9.77. The Labute approximate surface area is 215 Å². The summed E-state index contributed by atoms with van der Waals surface area (Å²) in [6, 6.07) is 9.65. The maximum absolute atomic E-state index is 4.24. The highest BCUT2D eigenvalue weighted by Gasteiger charge is 2.42.